The highest BCUT2D eigenvalue weighted by Crippen LogP contribution is 2.34. The molecule has 0 amide bonds. The zero-order chi connectivity index (χ0) is 20.1. The first-order valence-electron chi connectivity index (χ1n) is 9.95. The number of nitrogens with one attached hydrogen (secondary N) is 2. The summed E-state index contributed by atoms with van der Waals surface area (Å²) in [6.45, 7) is 4.33. The summed E-state index contributed by atoms with van der Waals surface area (Å²) in [5.74, 6) is 0.896. The molecule has 1 aliphatic heterocycles. The third-order valence-corrected chi connectivity index (χ3v) is 5.64. The standard InChI is InChI=1S/C21H20N8O/c1-13-12-30-9-8-28(13)19-10-16(14-2-5-22-20-15(14)3-6-23-20)21-24-11-18(29(21)27-19)17-4-7-25-26-17/h2-7,10-11,13H,8-9,12H2,1H3,(H,22,23)(H,25,26)/t13-/m1/s1. The molecule has 1 saturated heterocycles. The molecule has 5 aromatic rings. The Labute approximate surface area is 171 Å². The topological polar surface area (TPSA) is 100 Å². The minimum atomic E-state index is 0.236. The Kier molecular flexibility index (Phi) is 3.81. The summed E-state index contributed by atoms with van der Waals surface area (Å²) < 4.78 is 7.54. The second-order valence-electron chi connectivity index (χ2n) is 7.48. The quantitative estimate of drug-likeness (QED) is 0.483. The maximum absolute atomic E-state index is 5.64. The van der Waals surface area contributed by atoms with Gasteiger partial charge in [-0.3, -0.25) is 5.10 Å². The van der Waals surface area contributed by atoms with Crippen molar-refractivity contribution in [3.05, 3.63) is 49.1 Å². The Morgan fingerprint density at radius 1 is 1.13 bits per heavy atom. The van der Waals surface area contributed by atoms with Gasteiger partial charge in [-0.2, -0.15) is 5.10 Å². The van der Waals surface area contributed by atoms with Crippen LogP contribution in [0.2, 0.25) is 0 Å². The minimum Gasteiger partial charge on any atom is -0.377 e. The summed E-state index contributed by atoms with van der Waals surface area (Å²) in [5, 5.41) is 13.1. The minimum absolute atomic E-state index is 0.236. The van der Waals surface area contributed by atoms with Crippen molar-refractivity contribution in [3.63, 3.8) is 0 Å². The summed E-state index contributed by atoms with van der Waals surface area (Å²) in [6.07, 6.45) is 7.30. The molecule has 6 rings (SSSR count). The molecule has 0 saturated carbocycles. The van der Waals surface area contributed by atoms with Crippen molar-refractivity contribution in [2.24, 2.45) is 0 Å². The number of imidazole rings is 1. The fourth-order valence-corrected chi connectivity index (χ4v) is 4.14. The molecule has 2 N–H and O–H groups in total. The van der Waals surface area contributed by atoms with Gasteiger partial charge in [0.15, 0.2) is 11.5 Å². The lowest BCUT2D eigenvalue weighted by Gasteiger charge is -2.34. The van der Waals surface area contributed by atoms with Crippen LogP contribution in [0.5, 0.6) is 0 Å². The SMILES string of the molecule is C[C@@H]1COCCN1c1cc(-c2ccnc3[nH]ccc23)c2ncc(-c3ccn[nH]3)n2n1. The van der Waals surface area contributed by atoms with Crippen LogP contribution < -0.4 is 4.90 Å². The highest BCUT2D eigenvalue weighted by Gasteiger charge is 2.24. The fourth-order valence-electron chi connectivity index (χ4n) is 4.14. The smallest absolute Gasteiger partial charge is 0.162 e. The number of morpholine rings is 1. The number of H-pyrrole nitrogens is 2. The van der Waals surface area contributed by atoms with Crippen LogP contribution in [0, 0.1) is 0 Å². The zero-order valence-corrected chi connectivity index (χ0v) is 16.4. The molecule has 1 atom stereocenters. The van der Waals surface area contributed by atoms with Gasteiger partial charge in [0.2, 0.25) is 0 Å². The second-order valence-corrected chi connectivity index (χ2v) is 7.48. The van der Waals surface area contributed by atoms with E-state index in [0.29, 0.717) is 13.2 Å². The Morgan fingerprint density at radius 2 is 2.10 bits per heavy atom. The molecule has 1 fully saturated rings. The first kappa shape index (κ1) is 17.2. The lowest BCUT2D eigenvalue weighted by atomic mass is 10.1. The zero-order valence-electron chi connectivity index (χ0n) is 16.4. The molecular weight excluding hydrogens is 380 g/mol. The van der Waals surface area contributed by atoms with Crippen molar-refractivity contribution in [1.82, 2.24) is 34.8 Å². The summed E-state index contributed by atoms with van der Waals surface area (Å²) in [5.41, 5.74) is 5.46. The van der Waals surface area contributed by atoms with Crippen LogP contribution in [0.3, 0.4) is 0 Å². The van der Waals surface area contributed by atoms with Gasteiger partial charge in [0.25, 0.3) is 0 Å². The van der Waals surface area contributed by atoms with Gasteiger partial charge in [-0.25, -0.2) is 14.5 Å². The van der Waals surface area contributed by atoms with Crippen molar-refractivity contribution < 1.29 is 4.74 Å². The molecule has 0 aliphatic carbocycles. The number of nitrogens with zero attached hydrogens (tertiary/aromatic N) is 6. The first-order chi connectivity index (χ1) is 14.8. The number of ether oxygens (including phenoxy) is 1. The number of pyridine rings is 1. The van der Waals surface area contributed by atoms with Crippen molar-refractivity contribution >= 4 is 22.5 Å². The predicted octanol–water partition coefficient (Wildman–Crippen LogP) is 2.89. The van der Waals surface area contributed by atoms with Gasteiger partial charge >= 0.3 is 0 Å². The highest BCUT2D eigenvalue weighted by molar-refractivity contribution is 5.97. The van der Waals surface area contributed by atoms with Crippen LogP contribution in [-0.2, 0) is 4.74 Å². The second kappa shape index (κ2) is 6.67. The molecule has 1 aliphatic rings. The van der Waals surface area contributed by atoms with Crippen LogP contribution in [0.4, 0.5) is 5.82 Å². The van der Waals surface area contributed by atoms with Crippen LogP contribution in [0.1, 0.15) is 6.92 Å². The molecule has 0 bridgehead atoms. The van der Waals surface area contributed by atoms with Gasteiger partial charge in [0, 0.05) is 36.1 Å². The molecule has 150 valence electrons. The molecule has 0 unspecified atom stereocenters. The van der Waals surface area contributed by atoms with Crippen LogP contribution in [-0.4, -0.2) is 60.6 Å². The molecule has 30 heavy (non-hydrogen) atoms. The molecule has 0 spiro atoms. The van der Waals surface area contributed by atoms with E-state index in [9.17, 15) is 0 Å². The molecule has 9 heteroatoms. The fraction of sp³-hybridized carbons (Fsp3) is 0.238. The summed E-state index contributed by atoms with van der Waals surface area (Å²) >= 11 is 0. The Balaban J connectivity index is 1.64. The first-order valence-corrected chi connectivity index (χ1v) is 9.95. The number of anilines is 1. The lowest BCUT2D eigenvalue weighted by Crippen LogP contribution is -2.44. The van der Waals surface area contributed by atoms with Crippen LogP contribution in [0.25, 0.3) is 39.2 Å². The van der Waals surface area contributed by atoms with E-state index in [1.165, 1.54) is 0 Å². The van der Waals surface area contributed by atoms with Gasteiger partial charge in [0.05, 0.1) is 31.1 Å². The maximum Gasteiger partial charge on any atom is 0.162 e. The summed E-state index contributed by atoms with van der Waals surface area (Å²) in [7, 11) is 0. The summed E-state index contributed by atoms with van der Waals surface area (Å²) in [4.78, 5) is 14.7. The third kappa shape index (κ3) is 2.59. The molecule has 9 nitrogen and oxygen atoms in total. The van der Waals surface area contributed by atoms with E-state index in [-0.39, 0.29) is 6.04 Å². The highest BCUT2D eigenvalue weighted by atomic mass is 16.5. The van der Waals surface area contributed by atoms with Gasteiger partial charge < -0.3 is 14.6 Å². The average Bonchev–Trinajstić information content (AvgIpc) is 3.52. The van der Waals surface area contributed by atoms with Gasteiger partial charge in [-0.15, -0.1) is 5.10 Å². The van der Waals surface area contributed by atoms with Crippen LogP contribution in [0.15, 0.2) is 49.1 Å². The van der Waals surface area contributed by atoms with E-state index in [0.717, 1.165) is 51.6 Å². The van der Waals surface area contributed by atoms with Crippen molar-refractivity contribution in [2.75, 3.05) is 24.7 Å². The van der Waals surface area contributed by atoms with E-state index < -0.39 is 0 Å². The van der Waals surface area contributed by atoms with Crippen molar-refractivity contribution in [3.8, 4) is 22.5 Å². The number of hydrogen-bond acceptors (Lipinski definition) is 6. The molecule has 0 radical (unpaired) electrons. The number of aromatic amines is 2. The summed E-state index contributed by atoms with van der Waals surface area (Å²) in [6, 6.07) is 8.36. The Morgan fingerprint density at radius 3 is 2.97 bits per heavy atom. The molecule has 5 aromatic heterocycles. The average molecular weight is 400 g/mol. The monoisotopic (exact) mass is 400 g/mol. The number of fused-ring (bicyclic) bond motifs is 2. The third-order valence-electron chi connectivity index (χ3n) is 5.64. The number of hydrogen-bond donors (Lipinski definition) is 2. The maximum atomic E-state index is 5.64. The lowest BCUT2D eigenvalue weighted by molar-refractivity contribution is 0.0984. The van der Waals surface area contributed by atoms with Crippen LogP contribution >= 0.6 is 0 Å². The van der Waals surface area contributed by atoms with E-state index in [4.69, 9.17) is 14.8 Å². The predicted molar refractivity (Wildman–Crippen MR) is 113 cm³/mol. The van der Waals surface area contributed by atoms with Gasteiger partial charge in [-0.05, 0) is 36.8 Å². The van der Waals surface area contributed by atoms with E-state index in [1.54, 1.807) is 6.20 Å². The van der Waals surface area contributed by atoms with E-state index >= 15 is 0 Å². The van der Waals surface area contributed by atoms with Gasteiger partial charge in [-0.1, -0.05) is 0 Å². The number of rotatable bonds is 3. The van der Waals surface area contributed by atoms with Crippen molar-refractivity contribution in [1.29, 1.82) is 0 Å². The molecule has 0 aromatic carbocycles. The van der Waals surface area contributed by atoms with E-state index in [2.05, 4.69) is 38.1 Å². The molecular formula is C21H20N8O. The van der Waals surface area contributed by atoms with E-state index in [1.807, 2.05) is 41.3 Å². The Bertz CT molecular complexity index is 1340. The number of aromatic nitrogens is 7. The largest absolute Gasteiger partial charge is 0.377 e. The van der Waals surface area contributed by atoms with Gasteiger partial charge in [0.1, 0.15) is 11.3 Å². The van der Waals surface area contributed by atoms with Crippen molar-refractivity contribution in [2.45, 2.75) is 13.0 Å². The Hall–Kier alpha value is -3.72. The molecule has 6 heterocycles. The normalized spacial score (nSPS) is 17.2.